The van der Waals surface area contributed by atoms with Gasteiger partial charge in [-0.25, -0.2) is 0 Å². The van der Waals surface area contributed by atoms with Crippen LogP contribution in [0.25, 0.3) is 0 Å². The molecule has 3 heteroatoms. The molecule has 1 aromatic rings. The van der Waals surface area contributed by atoms with Gasteiger partial charge in [-0.3, -0.25) is 9.78 Å². The van der Waals surface area contributed by atoms with Crippen LogP contribution in [0.3, 0.4) is 0 Å². The molecule has 0 radical (unpaired) electrons. The number of hydrogen-bond donors (Lipinski definition) is 0. The smallest absolute Gasteiger partial charge is 0.306 e. The maximum Gasteiger partial charge on any atom is 0.306 e. The quantitative estimate of drug-likeness (QED) is 0.581. The Morgan fingerprint density at radius 2 is 2.16 bits per heavy atom. The highest BCUT2D eigenvalue weighted by Gasteiger charge is 2.17. The van der Waals surface area contributed by atoms with Crippen LogP contribution in [0.1, 0.15) is 50.5 Å². The van der Waals surface area contributed by atoms with E-state index >= 15 is 0 Å². The molecule has 0 aliphatic heterocycles. The second-order valence-corrected chi connectivity index (χ2v) is 5.39. The second kappa shape index (κ2) is 7.93. The van der Waals surface area contributed by atoms with Gasteiger partial charge < -0.3 is 4.74 Å². The lowest BCUT2D eigenvalue weighted by molar-refractivity contribution is -0.145. The van der Waals surface area contributed by atoms with Crippen molar-refractivity contribution in [2.75, 3.05) is 6.61 Å². The Hall–Kier alpha value is -1.38. The van der Waals surface area contributed by atoms with Gasteiger partial charge >= 0.3 is 5.97 Å². The Labute approximate surface area is 115 Å². The van der Waals surface area contributed by atoms with Gasteiger partial charge in [0.25, 0.3) is 0 Å². The first-order valence-corrected chi connectivity index (χ1v) is 7.39. The molecule has 0 amide bonds. The first kappa shape index (κ1) is 14.0. The van der Waals surface area contributed by atoms with E-state index in [4.69, 9.17) is 4.74 Å². The van der Waals surface area contributed by atoms with Crippen LogP contribution in [0.4, 0.5) is 0 Å². The number of carbonyl (C=O) groups excluding carboxylic acids is 1. The third kappa shape index (κ3) is 5.41. The monoisotopic (exact) mass is 261 g/mol. The number of nitrogens with zero attached hydrogens (tertiary/aromatic N) is 1. The fourth-order valence-electron chi connectivity index (χ4n) is 2.69. The van der Waals surface area contributed by atoms with Gasteiger partial charge in [0.05, 0.1) is 6.61 Å². The van der Waals surface area contributed by atoms with Gasteiger partial charge in [0.2, 0.25) is 0 Å². The summed E-state index contributed by atoms with van der Waals surface area (Å²) in [5.74, 6) is 0.553. The predicted molar refractivity (Wildman–Crippen MR) is 74.7 cm³/mol. The molecule has 0 spiro atoms. The SMILES string of the molecule is O=C(CC1CCCCC1)OCCCc1cccnc1. The molecule has 1 saturated carbocycles. The average molecular weight is 261 g/mol. The topological polar surface area (TPSA) is 39.2 Å². The summed E-state index contributed by atoms with van der Waals surface area (Å²) in [7, 11) is 0. The van der Waals surface area contributed by atoms with Crippen LogP contribution in [0.5, 0.6) is 0 Å². The van der Waals surface area contributed by atoms with Crippen molar-refractivity contribution in [2.45, 2.75) is 51.4 Å². The molecule has 1 aliphatic carbocycles. The molecule has 0 unspecified atom stereocenters. The van der Waals surface area contributed by atoms with Gasteiger partial charge in [-0.1, -0.05) is 25.3 Å². The zero-order valence-corrected chi connectivity index (χ0v) is 11.5. The first-order chi connectivity index (χ1) is 9.34. The maximum atomic E-state index is 11.7. The highest BCUT2D eigenvalue weighted by molar-refractivity contribution is 5.69. The standard InChI is InChI=1S/C16H23NO2/c18-16(12-14-6-2-1-3-7-14)19-11-5-9-15-8-4-10-17-13-15/h4,8,10,13-14H,1-3,5-7,9,11-12H2. The zero-order valence-electron chi connectivity index (χ0n) is 11.5. The van der Waals surface area contributed by atoms with Crippen LogP contribution in [0.15, 0.2) is 24.5 Å². The Morgan fingerprint density at radius 1 is 1.32 bits per heavy atom. The first-order valence-electron chi connectivity index (χ1n) is 7.39. The molecule has 1 heterocycles. The van der Waals surface area contributed by atoms with Crippen molar-refractivity contribution < 1.29 is 9.53 Å². The van der Waals surface area contributed by atoms with E-state index in [2.05, 4.69) is 11.1 Å². The summed E-state index contributed by atoms with van der Waals surface area (Å²) in [6.45, 7) is 0.528. The number of carbonyl (C=O) groups is 1. The van der Waals surface area contributed by atoms with Gasteiger partial charge in [0.1, 0.15) is 0 Å². The number of esters is 1. The van der Waals surface area contributed by atoms with Crippen LogP contribution in [-0.2, 0) is 16.0 Å². The number of pyridine rings is 1. The minimum atomic E-state index is -0.0157. The van der Waals surface area contributed by atoms with Gasteiger partial charge in [0.15, 0.2) is 0 Å². The summed E-state index contributed by atoms with van der Waals surface area (Å²) >= 11 is 0. The van der Waals surface area contributed by atoms with E-state index in [9.17, 15) is 4.79 Å². The summed E-state index contributed by atoms with van der Waals surface area (Å²) in [4.78, 5) is 15.8. The molecular formula is C16H23NO2. The molecule has 2 rings (SSSR count). The van der Waals surface area contributed by atoms with Crippen LogP contribution in [0, 0.1) is 5.92 Å². The molecule has 0 bridgehead atoms. The van der Waals surface area contributed by atoms with Crippen molar-refractivity contribution in [3.63, 3.8) is 0 Å². The van der Waals surface area contributed by atoms with E-state index in [1.807, 2.05) is 12.3 Å². The number of ether oxygens (including phenoxy) is 1. The Morgan fingerprint density at radius 3 is 2.89 bits per heavy atom. The van der Waals surface area contributed by atoms with E-state index in [0.29, 0.717) is 18.9 Å². The third-order valence-electron chi connectivity index (χ3n) is 3.78. The van der Waals surface area contributed by atoms with Gasteiger partial charge in [-0.05, 0) is 43.2 Å². The fourth-order valence-corrected chi connectivity index (χ4v) is 2.69. The van der Waals surface area contributed by atoms with E-state index in [-0.39, 0.29) is 5.97 Å². The van der Waals surface area contributed by atoms with Crippen molar-refractivity contribution >= 4 is 5.97 Å². The largest absolute Gasteiger partial charge is 0.466 e. The lowest BCUT2D eigenvalue weighted by Gasteiger charge is -2.20. The predicted octanol–water partition coefficient (Wildman–Crippen LogP) is 3.53. The van der Waals surface area contributed by atoms with Crippen molar-refractivity contribution in [3.8, 4) is 0 Å². The highest BCUT2D eigenvalue weighted by Crippen LogP contribution is 2.26. The van der Waals surface area contributed by atoms with E-state index in [1.165, 1.54) is 37.7 Å². The molecule has 3 nitrogen and oxygen atoms in total. The molecule has 0 saturated heterocycles. The average Bonchev–Trinajstić information content (AvgIpc) is 2.46. The Kier molecular flexibility index (Phi) is 5.86. The highest BCUT2D eigenvalue weighted by atomic mass is 16.5. The van der Waals surface area contributed by atoms with Gasteiger partial charge in [0, 0.05) is 18.8 Å². The van der Waals surface area contributed by atoms with Crippen LogP contribution in [0.2, 0.25) is 0 Å². The van der Waals surface area contributed by atoms with Crippen LogP contribution < -0.4 is 0 Å². The number of rotatable bonds is 6. The summed E-state index contributed by atoms with van der Waals surface area (Å²) in [5.41, 5.74) is 1.20. The lowest BCUT2D eigenvalue weighted by Crippen LogP contribution is -2.15. The molecule has 1 aromatic heterocycles. The molecule has 0 N–H and O–H groups in total. The van der Waals surface area contributed by atoms with Crippen molar-refractivity contribution in [1.82, 2.24) is 4.98 Å². The summed E-state index contributed by atoms with van der Waals surface area (Å²) in [6.07, 6.45) is 12.3. The minimum Gasteiger partial charge on any atom is -0.466 e. The Bertz CT molecular complexity index is 372. The zero-order chi connectivity index (χ0) is 13.3. The second-order valence-electron chi connectivity index (χ2n) is 5.39. The number of aryl methyl sites for hydroxylation is 1. The molecule has 1 aliphatic rings. The molecule has 104 valence electrons. The Balaban J connectivity index is 1.56. The van der Waals surface area contributed by atoms with E-state index < -0.39 is 0 Å². The normalized spacial score (nSPS) is 16.2. The lowest BCUT2D eigenvalue weighted by atomic mass is 9.87. The van der Waals surface area contributed by atoms with E-state index in [1.54, 1.807) is 6.20 Å². The fraction of sp³-hybridized carbons (Fsp3) is 0.625. The molecular weight excluding hydrogens is 238 g/mol. The van der Waals surface area contributed by atoms with Gasteiger partial charge in [-0.15, -0.1) is 0 Å². The summed E-state index contributed by atoms with van der Waals surface area (Å²) in [5, 5.41) is 0. The molecule has 1 fully saturated rings. The number of aromatic nitrogens is 1. The molecule has 0 atom stereocenters. The maximum absolute atomic E-state index is 11.7. The number of hydrogen-bond acceptors (Lipinski definition) is 3. The van der Waals surface area contributed by atoms with Crippen molar-refractivity contribution in [1.29, 1.82) is 0 Å². The van der Waals surface area contributed by atoms with Gasteiger partial charge in [-0.2, -0.15) is 0 Å². The molecule has 19 heavy (non-hydrogen) atoms. The van der Waals surface area contributed by atoms with Crippen LogP contribution in [-0.4, -0.2) is 17.6 Å². The van der Waals surface area contributed by atoms with Crippen LogP contribution >= 0.6 is 0 Å². The third-order valence-corrected chi connectivity index (χ3v) is 3.78. The van der Waals surface area contributed by atoms with Crippen molar-refractivity contribution in [2.24, 2.45) is 5.92 Å². The van der Waals surface area contributed by atoms with Crippen molar-refractivity contribution in [3.05, 3.63) is 30.1 Å². The minimum absolute atomic E-state index is 0.0157. The summed E-state index contributed by atoms with van der Waals surface area (Å²) < 4.78 is 5.31. The van der Waals surface area contributed by atoms with E-state index in [0.717, 1.165) is 12.8 Å². The summed E-state index contributed by atoms with van der Waals surface area (Å²) in [6, 6.07) is 3.99. The molecule has 0 aromatic carbocycles.